The highest BCUT2D eigenvalue weighted by atomic mass is 32.2. The molecule has 0 aliphatic carbocycles. The summed E-state index contributed by atoms with van der Waals surface area (Å²) in [6.07, 6.45) is 1.78. The van der Waals surface area contributed by atoms with Gasteiger partial charge in [-0.05, 0) is 43.2 Å². The summed E-state index contributed by atoms with van der Waals surface area (Å²) in [7, 11) is -3.77. The van der Waals surface area contributed by atoms with Crippen molar-refractivity contribution in [1.29, 1.82) is 0 Å². The Hall–Kier alpha value is -2.48. The van der Waals surface area contributed by atoms with Gasteiger partial charge < -0.3 is 5.32 Å². The molecule has 5 nitrogen and oxygen atoms in total. The van der Waals surface area contributed by atoms with Crippen molar-refractivity contribution in [2.75, 3.05) is 15.9 Å². The van der Waals surface area contributed by atoms with E-state index >= 15 is 0 Å². The molecule has 140 valence electrons. The van der Waals surface area contributed by atoms with E-state index in [0.717, 1.165) is 34.7 Å². The van der Waals surface area contributed by atoms with Crippen molar-refractivity contribution in [3.05, 3.63) is 59.7 Å². The van der Waals surface area contributed by atoms with Gasteiger partial charge in [0.2, 0.25) is 15.9 Å². The van der Waals surface area contributed by atoms with E-state index in [-0.39, 0.29) is 5.69 Å². The van der Waals surface area contributed by atoms with Crippen LogP contribution in [0.2, 0.25) is 0 Å². The first-order valence-electron chi connectivity index (χ1n) is 7.97. The summed E-state index contributed by atoms with van der Waals surface area (Å²) in [6.45, 7) is 3.36. The summed E-state index contributed by atoms with van der Waals surface area (Å²) in [6, 6.07) is 8.36. The number of rotatable bonds is 6. The van der Waals surface area contributed by atoms with Gasteiger partial charge in [0, 0.05) is 6.07 Å². The van der Waals surface area contributed by atoms with E-state index in [4.69, 9.17) is 0 Å². The normalized spacial score (nSPS) is 12.5. The van der Waals surface area contributed by atoms with Crippen LogP contribution in [0.25, 0.3) is 0 Å². The molecule has 2 rings (SSSR count). The molecule has 1 amide bonds. The molecule has 1 atom stereocenters. The highest BCUT2D eigenvalue weighted by molar-refractivity contribution is 7.92. The van der Waals surface area contributed by atoms with Crippen molar-refractivity contribution in [1.82, 2.24) is 0 Å². The first-order valence-corrected chi connectivity index (χ1v) is 9.82. The second-order valence-electron chi connectivity index (χ2n) is 5.87. The number of amides is 1. The van der Waals surface area contributed by atoms with Crippen LogP contribution < -0.4 is 9.62 Å². The van der Waals surface area contributed by atoms with Crippen LogP contribution in [0.1, 0.15) is 19.4 Å². The van der Waals surface area contributed by atoms with Crippen LogP contribution in [-0.4, -0.2) is 26.6 Å². The summed E-state index contributed by atoms with van der Waals surface area (Å²) in [4.78, 5) is 12.5. The van der Waals surface area contributed by atoms with Gasteiger partial charge in [0.05, 0.1) is 17.6 Å². The molecule has 0 saturated heterocycles. The number of anilines is 2. The van der Waals surface area contributed by atoms with Crippen molar-refractivity contribution in [3.8, 4) is 0 Å². The SMILES string of the molecule is CCc1ccc(N([C@@H](C)C(=O)Nc2ccc(F)cc2F)S(C)(=O)=O)cc1. The molecule has 0 aromatic heterocycles. The van der Waals surface area contributed by atoms with Gasteiger partial charge in [-0.3, -0.25) is 9.10 Å². The number of hydrogen-bond acceptors (Lipinski definition) is 3. The Bertz CT molecular complexity index is 899. The van der Waals surface area contributed by atoms with Gasteiger partial charge in [-0.1, -0.05) is 19.1 Å². The lowest BCUT2D eigenvalue weighted by atomic mass is 10.1. The quantitative estimate of drug-likeness (QED) is 0.833. The van der Waals surface area contributed by atoms with Gasteiger partial charge >= 0.3 is 0 Å². The number of halogens is 2. The Morgan fingerprint density at radius 1 is 1.15 bits per heavy atom. The van der Waals surface area contributed by atoms with Crippen LogP contribution in [0.3, 0.4) is 0 Å². The lowest BCUT2D eigenvalue weighted by Crippen LogP contribution is -2.45. The van der Waals surface area contributed by atoms with E-state index in [1.165, 1.54) is 6.92 Å². The lowest BCUT2D eigenvalue weighted by Gasteiger charge is -2.28. The second-order valence-corrected chi connectivity index (χ2v) is 7.73. The van der Waals surface area contributed by atoms with Gasteiger partial charge in [0.25, 0.3) is 0 Å². The Morgan fingerprint density at radius 3 is 2.27 bits per heavy atom. The summed E-state index contributed by atoms with van der Waals surface area (Å²) >= 11 is 0. The fourth-order valence-corrected chi connectivity index (χ4v) is 3.69. The van der Waals surface area contributed by atoms with E-state index in [1.807, 2.05) is 6.92 Å². The maximum absolute atomic E-state index is 13.7. The van der Waals surface area contributed by atoms with E-state index < -0.39 is 33.6 Å². The minimum atomic E-state index is -3.77. The molecule has 0 fully saturated rings. The van der Waals surface area contributed by atoms with E-state index in [0.29, 0.717) is 11.8 Å². The van der Waals surface area contributed by atoms with Crippen LogP contribution in [0, 0.1) is 11.6 Å². The molecule has 0 spiro atoms. The zero-order chi connectivity index (χ0) is 19.5. The van der Waals surface area contributed by atoms with E-state index in [2.05, 4.69) is 5.32 Å². The topological polar surface area (TPSA) is 66.5 Å². The number of nitrogens with one attached hydrogen (secondary N) is 1. The fourth-order valence-electron chi connectivity index (χ4n) is 2.52. The summed E-state index contributed by atoms with van der Waals surface area (Å²) in [5, 5.41) is 2.30. The van der Waals surface area contributed by atoms with Gasteiger partial charge in [0.15, 0.2) is 0 Å². The molecule has 2 aromatic rings. The van der Waals surface area contributed by atoms with Crippen LogP contribution in [0.15, 0.2) is 42.5 Å². The number of carbonyl (C=O) groups is 1. The predicted octanol–water partition coefficient (Wildman–Crippen LogP) is 3.32. The van der Waals surface area contributed by atoms with Gasteiger partial charge in [-0.25, -0.2) is 17.2 Å². The lowest BCUT2D eigenvalue weighted by molar-refractivity contribution is -0.116. The van der Waals surface area contributed by atoms with E-state index in [9.17, 15) is 22.0 Å². The first-order chi connectivity index (χ1) is 12.1. The highest BCUT2D eigenvalue weighted by Gasteiger charge is 2.29. The third-order valence-corrected chi connectivity index (χ3v) is 5.12. The molecule has 26 heavy (non-hydrogen) atoms. The molecule has 0 saturated carbocycles. The average Bonchev–Trinajstić information content (AvgIpc) is 2.56. The van der Waals surface area contributed by atoms with Gasteiger partial charge in [-0.15, -0.1) is 0 Å². The van der Waals surface area contributed by atoms with Crippen LogP contribution >= 0.6 is 0 Å². The monoisotopic (exact) mass is 382 g/mol. The minimum absolute atomic E-state index is 0.224. The minimum Gasteiger partial charge on any atom is -0.322 e. The Balaban J connectivity index is 2.30. The van der Waals surface area contributed by atoms with E-state index in [1.54, 1.807) is 24.3 Å². The van der Waals surface area contributed by atoms with Crippen LogP contribution in [0.4, 0.5) is 20.2 Å². The van der Waals surface area contributed by atoms with Crippen LogP contribution in [-0.2, 0) is 21.2 Å². The van der Waals surface area contributed by atoms with Crippen molar-refractivity contribution in [2.24, 2.45) is 0 Å². The molecule has 8 heteroatoms. The molecular formula is C18H20F2N2O3S. The maximum atomic E-state index is 13.7. The molecule has 0 unspecified atom stereocenters. The molecule has 0 aliphatic heterocycles. The van der Waals surface area contributed by atoms with Crippen molar-refractivity contribution < 1.29 is 22.0 Å². The van der Waals surface area contributed by atoms with Crippen molar-refractivity contribution in [2.45, 2.75) is 26.3 Å². The highest BCUT2D eigenvalue weighted by Crippen LogP contribution is 2.23. The first kappa shape index (κ1) is 19.8. The Labute approximate surface area is 151 Å². The molecular weight excluding hydrogens is 362 g/mol. The smallest absolute Gasteiger partial charge is 0.248 e. The molecule has 0 heterocycles. The zero-order valence-electron chi connectivity index (χ0n) is 14.7. The maximum Gasteiger partial charge on any atom is 0.248 e. The molecule has 2 aromatic carbocycles. The molecule has 0 aliphatic rings. The van der Waals surface area contributed by atoms with Crippen molar-refractivity contribution in [3.63, 3.8) is 0 Å². The Kier molecular flexibility index (Phi) is 5.97. The fraction of sp³-hybridized carbons (Fsp3) is 0.278. The summed E-state index contributed by atoms with van der Waals surface area (Å²) < 4.78 is 52.1. The second kappa shape index (κ2) is 7.82. The predicted molar refractivity (Wildman–Crippen MR) is 97.6 cm³/mol. The zero-order valence-corrected chi connectivity index (χ0v) is 15.5. The van der Waals surface area contributed by atoms with Gasteiger partial charge in [-0.2, -0.15) is 0 Å². The third-order valence-electron chi connectivity index (χ3n) is 3.88. The average molecular weight is 382 g/mol. The van der Waals surface area contributed by atoms with Gasteiger partial charge in [0.1, 0.15) is 17.7 Å². The summed E-state index contributed by atoms with van der Waals surface area (Å²) in [5.74, 6) is -2.45. The van der Waals surface area contributed by atoms with Crippen molar-refractivity contribution >= 4 is 27.3 Å². The molecule has 0 bridgehead atoms. The summed E-state index contributed by atoms with van der Waals surface area (Å²) in [5.41, 5.74) is 1.12. The molecule has 1 N–H and O–H groups in total. The number of benzene rings is 2. The largest absolute Gasteiger partial charge is 0.322 e. The number of carbonyl (C=O) groups excluding carboxylic acids is 1. The number of nitrogens with zero attached hydrogens (tertiary/aromatic N) is 1. The van der Waals surface area contributed by atoms with Crippen LogP contribution in [0.5, 0.6) is 0 Å². The third kappa shape index (κ3) is 4.57. The Morgan fingerprint density at radius 2 is 1.77 bits per heavy atom. The standard InChI is InChI=1S/C18H20F2N2O3S/c1-4-13-5-8-15(9-6-13)22(26(3,24)25)12(2)18(23)21-17-10-7-14(19)11-16(17)20/h5-12H,4H2,1-3H3,(H,21,23)/t12-/m0/s1. The number of hydrogen-bond donors (Lipinski definition) is 1. The molecule has 0 radical (unpaired) electrons. The number of aryl methyl sites for hydroxylation is 1. The number of sulfonamides is 1.